The van der Waals surface area contributed by atoms with Crippen LogP contribution in [0.3, 0.4) is 0 Å². The fraction of sp³-hybridized carbons (Fsp3) is 0.185. The van der Waals surface area contributed by atoms with Crippen LogP contribution in [0.15, 0.2) is 91.0 Å². The number of rotatable bonds is 11. The molecule has 0 aliphatic rings. The number of aliphatic carboxylic acids is 1. The van der Waals surface area contributed by atoms with Crippen molar-refractivity contribution in [1.29, 1.82) is 0 Å². The second-order valence-electron chi connectivity index (χ2n) is 7.55. The maximum Gasteiger partial charge on any atom is 0.412 e. The molecule has 3 rings (SSSR count). The summed E-state index contributed by atoms with van der Waals surface area (Å²) in [6.45, 7) is 1.86. The lowest BCUT2D eigenvalue weighted by Crippen LogP contribution is -2.29. The van der Waals surface area contributed by atoms with Crippen molar-refractivity contribution in [3.63, 3.8) is 0 Å². The van der Waals surface area contributed by atoms with Gasteiger partial charge in [0.1, 0.15) is 18.1 Å². The van der Waals surface area contributed by atoms with E-state index < -0.39 is 24.3 Å². The molecule has 0 fully saturated rings. The molecule has 0 radical (unpaired) electrons. The molecule has 35 heavy (non-hydrogen) atoms. The van der Waals surface area contributed by atoms with E-state index in [-0.39, 0.29) is 13.2 Å². The number of nitrogens with one attached hydrogen (secondary N) is 1. The van der Waals surface area contributed by atoms with Gasteiger partial charge >= 0.3 is 12.1 Å². The first-order chi connectivity index (χ1) is 16.9. The number of benzene rings is 3. The molecule has 0 aromatic heterocycles. The van der Waals surface area contributed by atoms with E-state index in [0.29, 0.717) is 22.7 Å². The van der Waals surface area contributed by atoms with Gasteiger partial charge in [-0.3, -0.25) is 5.32 Å². The van der Waals surface area contributed by atoms with Crippen LogP contribution in [0.2, 0.25) is 0 Å². The monoisotopic (exact) mass is 477 g/mol. The van der Waals surface area contributed by atoms with E-state index in [1.807, 2.05) is 25.1 Å². The average Bonchev–Trinajstić information content (AvgIpc) is 2.86. The average molecular weight is 478 g/mol. The van der Waals surface area contributed by atoms with Gasteiger partial charge in [0.15, 0.2) is 12.2 Å². The predicted octanol–water partition coefficient (Wildman–Crippen LogP) is 4.74. The second-order valence-corrected chi connectivity index (χ2v) is 7.55. The number of aryl methyl sites for hydroxylation is 1. The highest BCUT2D eigenvalue weighted by atomic mass is 16.6. The minimum Gasteiger partial charge on any atom is -0.491 e. The van der Waals surface area contributed by atoms with Gasteiger partial charge in [0, 0.05) is 17.3 Å². The number of aliphatic hydroxyl groups is 1. The molecule has 3 aromatic carbocycles. The molecule has 0 heterocycles. The van der Waals surface area contributed by atoms with E-state index in [1.54, 1.807) is 60.7 Å². The van der Waals surface area contributed by atoms with Crippen molar-refractivity contribution in [2.75, 3.05) is 18.5 Å². The summed E-state index contributed by atoms with van der Waals surface area (Å²) in [6.07, 6.45) is -0.501. The number of anilines is 1. The number of para-hydroxylation sites is 1. The van der Waals surface area contributed by atoms with Gasteiger partial charge in [0.25, 0.3) is 0 Å². The van der Waals surface area contributed by atoms with Crippen molar-refractivity contribution in [2.45, 2.75) is 19.1 Å². The van der Waals surface area contributed by atoms with Gasteiger partial charge in [-0.15, -0.1) is 0 Å². The molecule has 0 aliphatic carbocycles. The van der Waals surface area contributed by atoms with E-state index in [0.717, 1.165) is 11.6 Å². The van der Waals surface area contributed by atoms with Gasteiger partial charge in [-0.05, 0) is 49.4 Å². The van der Waals surface area contributed by atoms with Gasteiger partial charge in [0.2, 0.25) is 0 Å². The molecule has 0 bridgehead atoms. The first-order valence-electron chi connectivity index (χ1n) is 11.0. The topological polar surface area (TPSA) is 114 Å². The summed E-state index contributed by atoms with van der Waals surface area (Å²) in [4.78, 5) is 24.1. The maximum atomic E-state index is 12.8. The minimum atomic E-state index is -1.17. The Kier molecular flexibility index (Phi) is 9.27. The van der Waals surface area contributed by atoms with Gasteiger partial charge < -0.3 is 24.4 Å². The largest absolute Gasteiger partial charge is 0.491 e. The Morgan fingerprint density at radius 2 is 1.69 bits per heavy atom. The van der Waals surface area contributed by atoms with Crippen LogP contribution in [0.5, 0.6) is 11.5 Å². The van der Waals surface area contributed by atoms with Gasteiger partial charge in [-0.2, -0.15) is 0 Å². The van der Waals surface area contributed by atoms with Crippen LogP contribution in [0, 0.1) is 6.92 Å². The van der Waals surface area contributed by atoms with Crippen LogP contribution in [-0.2, 0) is 9.53 Å². The van der Waals surface area contributed by atoms with E-state index >= 15 is 0 Å². The first kappa shape index (κ1) is 25.3. The SMILES string of the molecule is Cc1ccc(NC(=O)O[C@@H](c2cccc(OCCO)c2)[C@H](/C=C/C(=O)O)Oc2ccccc2)cc1. The van der Waals surface area contributed by atoms with E-state index in [4.69, 9.17) is 19.3 Å². The number of carboxylic acid groups (broad SMARTS) is 1. The number of carboxylic acids is 1. The Balaban J connectivity index is 1.94. The molecule has 3 N–H and O–H groups in total. The number of amides is 1. The summed E-state index contributed by atoms with van der Waals surface area (Å²) in [6, 6.07) is 22.8. The Morgan fingerprint density at radius 1 is 0.971 bits per heavy atom. The predicted molar refractivity (Wildman–Crippen MR) is 131 cm³/mol. The lowest BCUT2D eigenvalue weighted by Gasteiger charge is -2.26. The first-order valence-corrected chi connectivity index (χ1v) is 11.0. The van der Waals surface area contributed by atoms with Gasteiger partial charge in [-0.25, -0.2) is 9.59 Å². The third kappa shape index (κ3) is 8.21. The molecule has 0 saturated heterocycles. The van der Waals surface area contributed by atoms with E-state index in [2.05, 4.69) is 5.32 Å². The molecule has 8 heteroatoms. The number of carbonyl (C=O) groups excluding carboxylic acids is 1. The summed E-state index contributed by atoms with van der Waals surface area (Å²) < 4.78 is 17.3. The van der Waals surface area contributed by atoms with Crippen molar-refractivity contribution < 1.29 is 34.0 Å². The molecular weight excluding hydrogens is 450 g/mol. The van der Waals surface area contributed by atoms with Crippen LogP contribution >= 0.6 is 0 Å². The summed E-state index contributed by atoms with van der Waals surface area (Å²) in [5.74, 6) is -0.257. The standard InChI is InChI=1S/C27H27NO7/c1-19-10-12-21(13-11-19)28-27(32)35-26(20-6-5-9-23(18-20)33-17-16-29)24(14-15-25(30)31)34-22-7-3-2-4-8-22/h2-15,18,24,26,29H,16-17H2,1H3,(H,28,32)(H,30,31)/b15-14+/t24-,26-/m0/s1. The molecule has 0 spiro atoms. The summed E-state index contributed by atoms with van der Waals surface area (Å²) in [5, 5.41) is 21.0. The maximum absolute atomic E-state index is 12.8. The van der Waals surface area contributed by atoms with Crippen molar-refractivity contribution >= 4 is 17.7 Å². The second kappa shape index (κ2) is 12.8. The van der Waals surface area contributed by atoms with Crippen LogP contribution in [0.4, 0.5) is 10.5 Å². The summed E-state index contributed by atoms with van der Waals surface area (Å²) in [5.41, 5.74) is 2.09. The normalized spacial score (nSPS) is 12.5. The fourth-order valence-corrected chi connectivity index (χ4v) is 3.20. The summed E-state index contributed by atoms with van der Waals surface area (Å²) in [7, 11) is 0. The van der Waals surface area contributed by atoms with Crippen LogP contribution in [-0.4, -0.2) is 41.6 Å². The Labute approximate surface area is 203 Å². The lowest BCUT2D eigenvalue weighted by atomic mass is 10.0. The quantitative estimate of drug-likeness (QED) is 0.342. The molecule has 2 atom stereocenters. The number of hydrogen-bond acceptors (Lipinski definition) is 6. The highest BCUT2D eigenvalue weighted by Crippen LogP contribution is 2.29. The van der Waals surface area contributed by atoms with Crippen LogP contribution in [0.1, 0.15) is 17.2 Å². The van der Waals surface area contributed by atoms with Crippen molar-refractivity contribution in [3.8, 4) is 11.5 Å². The smallest absolute Gasteiger partial charge is 0.412 e. The zero-order valence-corrected chi connectivity index (χ0v) is 19.2. The number of aliphatic hydroxyl groups excluding tert-OH is 1. The van der Waals surface area contributed by atoms with Gasteiger partial charge in [0.05, 0.1) is 6.61 Å². The highest BCUT2D eigenvalue weighted by Gasteiger charge is 2.28. The number of hydrogen-bond donors (Lipinski definition) is 3. The molecule has 3 aromatic rings. The molecule has 1 amide bonds. The molecular formula is C27H27NO7. The minimum absolute atomic E-state index is 0.0890. The summed E-state index contributed by atoms with van der Waals surface area (Å²) >= 11 is 0. The molecule has 182 valence electrons. The molecule has 0 aliphatic heterocycles. The highest BCUT2D eigenvalue weighted by molar-refractivity contribution is 5.85. The number of carbonyl (C=O) groups is 2. The van der Waals surface area contributed by atoms with Crippen LogP contribution < -0.4 is 14.8 Å². The molecule has 0 unspecified atom stereocenters. The zero-order valence-electron chi connectivity index (χ0n) is 19.2. The van der Waals surface area contributed by atoms with Crippen LogP contribution in [0.25, 0.3) is 0 Å². The molecule has 8 nitrogen and oxygen atoms in total. The third-order valence-electron chi connectivity index (χ3n) is 4.82. The fourth-order valence-electron chi connectivity index (χ4n) is 3.20. The number of ether oxygens (including phenoxy) is 3. The van der Waals surface area contributed by atoms with Crippen molar-refractivity contribution in [3.05, 3.63) is 102 Å². The van der Waals surface area contributed by atoms with E-state index in [9.17, 15) is 14.7 Å². The van der Waals surface area contributed by atoms with E-state index in [1.165, 1.54) is 6.08 Å². The Bertz CT molecular complexity index is 1130. The lowest BCUT2D eigenvalue weighted by molar-refractivity contribution is -0.131. The Morgan fingerprint density at radius 3 is 2.37 bits per heavy atom. The van der Waals surface area contributed by atoms with Crippen molar-refractivity contribution in [1.82, 2.24) is 0 Å². The molecule has 0 saturated carbocycles. The Hall–Kier alpha value is -4.30. The zero-order chi connectivity index (χ0) is 25.0. The van der Waals surface area contributed by atoms with Gasteiger partial charge in [-0.1, -0.05) is 48.0 Å². The third-order valence-corrected chi connectivity index (χ3v) is 4.82. The van der Waals surface area contributed by atoms with Crippen molar-refractivity contribution in [2.24, 2.45) is 0 Å².